The number of ether oxygens (including phenoxy) is 2. The van der Waals surface area contributed by atoms with Crippen LogP contribution in [0.3, 0.4) is 0 Å². The summed E-state index contributed by atoms with van der Waals surface area (Å²) in [6, 6.07) is 13.5. The molecule has 1 aliphatic rings. The summed E-state index contributed by atoms with van der Waals surface area (Å²) < 4.78 is 12.2. The van der Waals surface area contributed by atoms with Crippen molar-refractivity contribution in [3.05, 3.63) is 58.1 Å². The molecular formula is C19H18BrNO3S2. The zero-order chi connectivity index (χ0) is 18.7. The van der Waals surface area contributed by atoms with Crippen LogP contribution in [0.2, 0.25) is 0 Å². The number of carbonyl (C=O) groups excluding carboxylic acids is 1. The van der Waals surface area contributed by atoms with Gasteiger partial charge in [-0.3, -0.25) is 9.69 Å². The van der Waals surface area contributed by atoms with E-state index < -0.39 is 0 Å². The molecule has 0 aromatic heterocycles. The smallest absolute Gasteiger partial charge is 0.242 e. The number of carbonyl (C=O) groups is 1. The highest BCUT2D eigenvalue weighted by atomic mass is 79.9. The van der Waals surface area contributed by atoms with Gasteiger partial charge in [-0.25, -0.2) is 0 Å². The van der Waals surface area contributed by atoms with E-state index in [1.165, 1.54) is 11.8 Å². The second kappa shape index (κ2) is 8.41. The molecule has 1 atom stereocenters. The average Bonchev–Trinajstić information content (AvgIpc) is 2.90. The first-order valence-corrected chi connectivity index (χ1v) is 10.1. The molecule has 136 valence electrons. The summed E-state index contributed by atoms with van der Waals surface area (Å²) in [5.41, 5.74) is 2.00. The zero-order valence-electron chi connectivity index (χ0n) is 14.4. The first kappa shape index (κ1) is 19.2. The second-order valence-electron chi connectivity index (χ2n) is 5.81. The SMILES string of the molecule is COc1ccc(CN2C(=O)[C@H](Cc3cc(Br)ccc3OC)SC2=S)cc1. The Kier molecular flexibility index (Phi) is 6.21. The molecule has 2 aromatic rings. The minimum Gasteiger partial charge on any atom is -0.497 e. The van der Waals surface area contributed by atoms with Crippen LogP contribution >= 0.6 is 39.9 Å². The predicted octanol–water partition coefficient (Wildman–Crippen LogP) is 4.44. The Morgan fingerprint density at radius 3 is 2.54 bits per heavy atom. The number of hydrogen-bond donors (Lipinski definition) is 0. The van der Waals surface area contributed by atoms with E-state index in [1.54, 1.807) is 19.1 Å². The van der Waals surface area contributed by atoms with Crippen molar-refractivity contribution >= 4 is 50.1 Å². The number of benzene rings is 2. The summed E-state index contributed by atoms with van der Waals surface area (Å²) in [5.74, 6) is 1.61. The zero-order valence-corrected chi connectivity index (χ0v) is 17.6. The molecule has 0 N–H and O–H groups in total. The minimum absolute atomic E-state index is 0.0397. The van der Waals surface area contributed by atoms with Gasteiger partial charge < -0.3 is 9.47 Å². The lowest BCUT2D eigenvalue weighted by Crippen LogP contribution is -2.31. The molecule has 7 heteroatoms. The van der Waals surface area contributed by atoms with Gasteiger partial charge in [0, 0.05) is 4.47 Å². The maximum atomic E-state index is 12.9. The number of rotatable bonds is 6. The molecule has 1 heterocycles. The summed E-state index contributed by atoms with van der Waals surface area (Å²) >= 11 is 10.4. The number of thiocarbonyl (C=S) groups is 1. The fourth-order valence-electron chi connectivity index (χ4n) is 2.79. The quantitative estimate of drug-likeness (QED) is 0.607. The monoisotopic (exact) mass is 451 g/mol. The van der Waals surface area contributed by atoms with E-state index in [1.807, 2.05) is 42.5 Å². The van der Waals surface area contributed by atoms with Gasteiger partial charge in [0.25, 0.3) is 0 Å². The second-order valence-corrected chi connectivity index (χ2v) is 8.56. The van der Waals surface area contributed by atoms with Crippen molar-refractivity contribution < 1.29 is 14.3 Å². The van der Waals surface area contributed by atoms with Crippen LogP contribution in [-0.2, 0) is 17.8 Å². The van der Waals surface area contributed by atoms with Crippen molar-refractivity contribution in [2.75, 3.05) is 14.2 Å². The van der Waals surface area contributed by atoms with Gasteiger partial charge >= 0.3 is 0 Å². The number of methoxy groups -OCH3 is 2. The molecule has 0 unspecified atom stereocenters. The molecule has 3 rings (SSSR count). The largest absolute Gasteiger partial charge is 0.497 e. The van der Waals surface area contributed by atoms with Gasteiger partial charge in [-0.15, -0.1) is 0 Å². The van der Waals surface area contributed by atoms with Gasteiger partial charge in [0.1, 0.15) is 15.8 Å². The Morgan fingerprint density at radius 2 is 1.88 bits per heavy atom. The van der Waals surface area contributed by atoms with E-state index in [4.69, 9.17) is 21.7 Å². The fraction of sp³-hybridized carbons (Fsp3) is 0.263. The molecule has 0 radical (unpaired) electrons. The number of halogens is 1. The Balaban J connectivity index is 1.73. The molecule has 1 amide bonds. The lowest BCUT2D eigenvalue weighted by Gasteiger charge is -2.16. The maximum absolute atomic E-state index is 12.9. The van der Waals surface area contributed by atoms with Crippen molar-refractivity contribution in [2.45, 2.75) is 18.2 Å². The van der Waals surface area contributed by atoms with Crippen LogP contribution < -0.4 is 9.47 Å². The summed E-state index contributed by atoms with van der Waals surface area (Å²) in [5, 5.41) is -0.232. The van der Waals surface area contributed by atoms with Crippen molar-refractivity contribution in [3.8, 4) is 11.5 Å². The number of nitrogens with zero attached hydrogens (tertiary/aromatic N) is 1. The standard InChI is InChI=1S/C19H18BrNO3S2/c1-23-15-6-3-12(4-7-15)11-21-18(22)17(26-19(21)25)10-13-9-14(20)5-8-16(13)24-2/h3-9,17H,10-11H2,1-2H3/t17-/m0/s1. The van der Waals surface area contributed by atoms with Crippen molar-refractivity contribution in [3.63, 3.8) is 0 Å². The Hall–Kier alpha value is -1.57. The molecule has 1 saturated heterocycles. The summed E-state index contributed by atoms with van der Waals surface area (Å²) in [7, 11) is 3.27. The fourth-order valence-corrected chi connectivity index (χ4v) is 4.72. The van der Waals surface area contributed by atoms with E-state index in [9.17, 15) is 4.79 Å². The van der Waals surface area contributed by atoms with Crippen LogP contribution in [0.4, 0.5) is 0 Å². The highest BCUT2D eigenvalue weighted by molar-refractivity contribution is 9.10. The average molecular weight is 452 g/mol. The lowest BCUT2D eigenvalue weighted by molar-refractivity contribution is -0.126. The predicted molar refractivity (Wildman–Crippen MR) is 112 cm³/mol. The molecular weight excluding hydrogens is 434 g/mol. The highest BCUT2D eigenvalue weighted by Crippen LogP contribution is 2.34. The number of amides is 1. The normalized spacial score (nSPS) is 16.9. The van der Waals surface area contributed by atoms with Gasteiger partial charge in [0.2, 0.25) is 5.91 Å². The van der Waals surface area contributed by atoms with E-state index in [-0.39, 0.29) is 11.2 Å². The van der Waals surface area contributed by atoms with Crippen LogP contribution in [0, 0.1) is 0 Å². The molecule has 0 aliphatic carbocycles. The van der Waals surface area contributed by atoms with Gasteiger partial charge in [-0.1, -0.05) is 52.0 Å². The Labute approximate surface area is 171 Å². The molecule has 0 spiro atoms. The van der Waals surface area contributed by atoms with E-state index in [0.29, 0.717) is 17.3 Å². The molecule has 0 saturated carbocycles. The first-order valence-electron chi connectivity index (χ1n) is 7.99. The highest BCUT2D eigenvalue weighted by Gasteiger charge is 2.37. The summed E-state index contributed by atoms with van der Waals surface area (Å²) in [6.45, 7) is 0.473. The first-order chi connectivity index (χ1) is 12.5. The topological polar surface area (TPSA) is 38.8 Å². The maximum Gasteiger partial charge on any atom is 0.242 e. The Bertz CT molecular complexity index is 826. The van der Waals surface area contributed by atoms with Crippen molar-refractivity contribution in [2.24, 2.45) is 0 Å². The van der Waals surface area contributed by atoms with E-state index in [0.717, 1.165) is 27.1 Å². The third kappa shape index (κ3) is 4.22. The molecule has 26 heavy (non-hydrogen) atoms. The number of thioether (sulfide) groups is 1. The third-order valence-electron chi connectivity index (χ3n) is 4.15. The van der Waals surface area contributed by atoms with Gasteiger partial charge in [0.05, 0.1) is 26.0 Å². The summed E-state index contributed by atoms with van der Waals surface area (Å²) in [6.07, 6.45) is 0.575. The molecule has 4 nitrogen and oxygen atoms in total. The molecule has 1 aliphatic heterocycles. The molecule has 1 fully saturated rings. The molecule has 2 aromatic carbocycles. The van der Waals surface area contributed by atoms with Crippen LogP contribution in [0.15, 0.2) is 46.9 Å². The van der Waals surface area contributed by atoms with Crippen LogP contribution in [-0.4, -0.2) is 34.6 Å². The Morgan fingerprint density at radius 1 is 1.15 bits per heavy atom. The van der Waals surface area contributed by atoms with E-state index in [2.05, 4.69) is 15.9 Å². The minimum atomic E-state index is -0.232. The van der Waals surface area contributed by atoms with Gasteiger partial charge in [-0.2, -0.15) is 0 Å². The number of hydrogen-bond acceptors (Lipinski definition) is 5. The van der Waals surface area contributed by atoms with E-state index >= 15 is 0 Å². The van der Waals surface area contributed by atoms with Crippen molar-refractivity contribution in [1.82, 2.24) is 4.90 Å². The summed E-state index contributed by atoms with van der Waals surface area (Å²) in [4.78, 5) is 14.6. The van der Waals surface area contributed by atoms with Gasteiger partial charge in [0.15, 0.2) is 0 Å². The van der Waals surface area contributed by atoms with Crippen LogP contribution in [0.25, 0.3) is 0 Å². The van der Waals surface area contributed by atoms with Crippen molar-refractivity contribution in [1.29, 1.82) is 0 Å². The van der Waals surface area contributed by atoms with Gasteiger partial charge in [-0.05, 0) is 47.9 Å². The molecule has 0 bridgehead atoms. The third-order valence-corrected chi connectivity index (χ3v) is 6.23. The van der Waals surface area contributed by atoms with Crippen LogP contribution in [0.1, 0.15) is 11.1 Å². The lowest BCUT2D eigenvalue weighted by atomic mass is 10.1. The van der Waals surface area contributed by atoms with Crippen LogP contribution in [0.5, 0.6) is 11.5 Å².